The molecule has 3 heteroatoms. The van der Waals surface area contributed by atoms with Crippen LogP contribution in [-0.2, 0) is 0 Å². The van der Waals surface area contributed by atoms with Crippen LogP contribution < -0.4 is 5.32 Å². The van der Waals surface area contributed by atoms with Gasteiger partial charge in [-0.15, -0.1) is 6.58 Å². The fourth-order valence-electron chi connectivity index (χ4n) is 3.01. The van der Waals surface area contributed by atoms with Gasteiger partial charge in [-0.25, -0.2) is 0 Å². The van der Waals surface area contributed by atoms with E-state index in [4.69, 9.17) is 4.42 Å². The Kier molecular flexibility index (Phi) is 5.83. The zero-order chi connectivity index (χ0) is 17.5. The minimum Gasteiger partial charge on any atom is -0.468 e. The molecule has 0 amide bonds. The molecule has 0 aliphatic heterocycles. The Balaban J connectivity index is 1.92. The first-order valence-electron chi connectivity index (χ1n) is 8.48. The Morgan fingerprint density at radius 2 is 1.56 bits per heavy atom. The Bertz CT molecular complexity index is 753. The second kappa shape index (κ2) is 8.47. The van der Waals surface area contributed by atoms with Crippen LogP contribution in [0.25, 0.3) is 0 Å². The van der Waals surface area contributed by atoms with E-state index >= 15 is 0 Å². The van der Waals surface area contributed by atoms with Gasteiger partial charge in [0, 0.05) is 0 Å². The number of furan rings is 1. The average Bonchev–Trinajstić information content (AvgIpc) is 3.21. The van der Waals surface area contributed by atoms with Gasteiger partial charge in [0.2, 0.25) is 0 Å². The zero-order valence-electron chi connectivity index (χ0n) is 14.1. The van der Waals surface area contributed by atoms with Gasteiger partial charge in [-0.1, -0.05) is 66.7 Å². The van der Waals surface area contributed by atoms with Crippen LogP contribution in [0, 0.1) is 0 Å². The fourth-order valence-corrected chi connectivity index (χ4v) is 3.01. The highest BCUT2D eigenvalue weighted by molar-refractivity contribution is 5.27. The molecule has 128 valence electrons. The molecule has 2 aromatic carbocycles. The van der Waals surface area contributed by atoms with Crippen molar-refractivity contribution in [2.45, 2.75) is 24.6 Å². The molecule has 0 aliphatic carbocycles. The van der Waals surface area contributed by atoms with Crippen LogP contribution in [0.15, 0.2) is 96.1 Å². The Labute approximate surface area is 148 Å². The van der Waals surface area contributed by atoms with Crippen molar-refractivity contribution in [1.82, 2.24) is 5.32 Å². The lowest BCUT2D eigenvalue weighted by atomic mass is 9.94. The smallest absolute Gasteiger partial charge is 0.121 e. The van der Waals surface area contributed by atoms with Crippen molar-refractivity contribution in [3.63, 3.8) is 0 Å². The molecule has 3 aromatic rings. The van der Waals surface area contributed by atoms with Crippen molar-refractivity contribution < 1.29 is 9.52 Å². The number of aliphatic hydroxyl groups is 1. The van der Waals surface area contributed by atoms with Gasteiger partial charge in [-0.2, -0.15) is 0 Å². The largest absolute Gasteiger partial charge is 0.468 e. The normalized spacial score (nSPS) is 14.6. The summed E-state index contributed by atoms with van der Waals surface area (Å²) >= 11 is 0. The van der Waals surface area contributed by atoms with E-state index in [1.165, 1.54) is 0 Å². The molecule has 0 saturated carbocycles. The van der Waals surface area contributed by atoms with Crippen LogP contribution >= 0.6 is 0 Å². The van der Waals surface area contributed by atoms with Gasteiger partial charge in [0.1, 0.15) is 5.76 Å². The third-order valence-corrected chi connectivity index (χ3v) is 4.29. The van der Waals surface area contributed by atoms with E-state index in [2.05, 4.69) is 11.9 Å². The first kappa shape index (κ1) is 17.2. The van der Waals surface area contributed by atoms with Gasteiger partial charge in [0.05, 0.1) is 24.5 Å². The van der Waals surface area contributed by atoms with Crippen molar-refractivity contribution >= 4 is 0 Å². The molecule has 3 atom stereocenters. The number of rotatable bonds is 8. The summed E-state index contributed by atoms with van der Waals surface area (Å²) in [6, 6.07) is 23.2. The predicted octanol–water partition coefficient (Wildman–Crippen LogP) is 4.96. The lowest BCUT2D eigenvalue weighted by Gasteiger charge is -2.29. The maximum Gasteiger partial charge on any atom is 0.121 e. The molecule has 0 spiro atoms. The monoisotopic (exact) mass is 333 g/mol. The summed E-state index contributed by atoms with van der Waals surface area (Å²) < 4.78 is 5.58. The summed E-state index contributed by atoms with van der Waals surface area (Å²) in [5, 5.41) is 14.6. The number of hydrogen-bond acceptors (Lipinski definition) is 3. The summed E-state index contributed by atoms with van der Waals surface area (Å²) in [7, 11) is 0. The molecule has 1 aromatic heterocycles. The lowest BCUT2D eigenvalue weighted by Crippen LogP contribution is -2.30. The number of benzene rings is 2. The Morgan fingerprint density at radius 3 is 2.12 bits per heavy atom. The van der Waals surface area contributed by atoms with Gasteiger partial charge in [-0.3, -0.25) is 5.32 Å². The van der Waals surface area contributed by atoms with E-state index in [0.717, 1.165) is 16.9 Å². The molecule has 1 heterocycles. The van der Waals surface area contributed by atoms with Crippen LogP contribution in [0.2, 0.25) is 0 Å². The van der Waals surface area contributed by atoms with Crippen molar-refractivity contribution in [2.75, 3.05) is 0 Å². The van der Waals surface area contributed by atoms with E-state index in [1.807, 2.05) is 78.9 Å². The Hall–Kier alpha value is -2.62. The Morgan fingerprint density at radius 1 is 0.920 bits per heavy atom. The predicted molar refractivity (Wildman–Crippen MR) is 100.0 cm³/mol. The molecule has 0 bridgehead atoms. The molecular formula is C22H23NO2. The highest BCUT2D eigenvalue weighted by Crippen LogP contribution is 2.32. The fraction of sp³-hybridized carbons (Fsp3) is 0.182. The lowest BCUT2D eigenvalue weighted by molar-refractivity contribution is 0.119. The number of aliphatic hydroxyl groups excluding tert-OH is 1. The second-order valence-electron chi connectivity index (χ2n) is 6.00. The van der Waals surface area contributed by atoms with Gasteiger partial charge < -0.3 is 9.52 Å². The second-order valence-corrected chi connectivity index (χ2v) is 6.00. The van der Waals surface area contributed by atoms with Crippen molar-refractivity contribution in [3.05, 3.63) is 109 Å². The molecule has 0 radical (unpaired) electrons. The average molecular weight is 333 g/mol. The number of nitrogens with one attached hydrogen (secondary N) is 1. The van der Waals surface area contributed by atoms with E-state index in [0.29, 0.717) is 6.42 Å². The first-order chi connectivity index (χ1) is 12.3. The van der Waals surface area contributed by atoms with Crippen LogP contribution in [0.4, 0.5) is 0 Å². The molecule has 0 unspecified atom stereocenters. The standard InChI is InChI=1S/C22H23NO2/c1-2-10-19(20-15-9-16-25-20)23-21(17-11-5-3-6-12-17)22(24)18-13-7-4-8-14-18/h2-9,11-16,19,21-24H,1,10H2/t19-,21-,22+/m0/s1. The van der Waals surface area contributed by atoms with Gasteiger partial charge in [0.25, 0.3) is 0 Å². The minimum atomic E-state index is -0.675. The van der Waals surface area contributed by atoms with Crippen molar-refractivity contribution in [1.29, 1.82) is 0 Å². The van der Waals surface area contributed by atoms with Crippen LogP contribution in [0.3, 0.4) is 0 Å². The van der Waals surface area contributed by atoms with Gasteiger partial charge in [-0.05, 0) is 29.7 Å². The maximum atomic E-state index is 11.0. The summed E-state index contributed by atoms with van der Waals surface area (Å²) in [5.74, 6) is 0.834. The molecule has 0 aliphatic rings. The molecule has 3 nitrogen and oxygen atoms in total. The molecule has 3 rings (SSSR count). The maximum absolute atomic E-state index is 11.0. The summed E-state index contributed by atoms with van der Waals surface area (Å²) in [4.78, 5) is 0. The summed E-state index contributed by atoms with van der Waals surface area (Å²) in [6.45, 7) is 3.85. The van der Waals surface area contributed by atoms with E-state index in [-0.39, 0.29) is 12.1 Å². The van der Waals surface area contributed by atoms with Crippen LogP contribution in [0.1, 0.15) is 41.5 Å². The highest BCUT2D eigenvalue weighted by Gasteiger charge is 2.26. The van der Waals surface area contributed by atoms with Crippen LogP contribution in [-0.4, -0.2) is 5.11 Å². The van der Waals surface area contributed by atoms with Crippen LogP contribution in [0.5, 0.6) is 0 Å². The van der Waals surface area contributed by atoms with E-state index in [1.54, 1.807) is 6.26 Å². The summed E-state index contributed by atoms with van der Waals surface area (Å²) in [6.07, 6.45) is 3.55. The van der Waals surface area contributed by atoms with E-state index < -0.39 is 6.10 Å². The number of hydrogen-bond donors (Lipinski definition) is 2. The van der Waals surface area contributed by atoms with Crippen molar-refractivity contribution in [2.24, 2.45) is 0 Å². The SMILES string of the molecule is C=CC[C@H](N[C@@H](c1ccccc1)[C@H](O)c1ccccc1)c1ccco1. The topological polar surface area (TPSA) is 45.4 Å². The molecule has 0 saturated heterocycles. The van der Waals surface area contributed by atoms with Gasteiger partial charge >= 0.3 is 0 Å². The molecule has 25 heavy (non-hydrogen) atoms. The summed E-state index contributed by atoms with van der Waals surface area (Å²) in [5.41, 5.74) is 1.90. The van der Waals surface area contributed by atoms with E-state index in [9.17, 15) is 5.11 Å². The highest BCUT2D eigenvalue weighted by atomic mass is 16.3. The molecule has 2 N–H and O–H groups in total. The first-order valence-corrected chi connectivity index (χ1v) is 8.48. The minimum absolute atomic E-state index is 0.0592. The quantitative estimate of drug-likeness (QED) is 0.573. The zero-order valence-corrected chi connectivity index (χ0v) is 14.1. The molecule has 0 fully saturated rings. The van der Waals surface area contributed by atoms with Crippen molar-refractivity contribution in [3.8, 4) is 0 Å². The third kappa shape index (κ3) is 4.27. The van der Waals surface area contributed by atoms with Gasteiger partial charge in [0.15, 0.2) is 0 Å². The third-order valence-electron chi connectivity index (χ3n) is 4.29. The molecular weight excluding hydrogens is 310 g/mol.